The molecule has 0 atom stereocenters. The first-order valence-corrected chi connectivity index (χ1v) is 4.34. The molecule has 0 aliphatic rings. The molecule has 0 aliphatic carbocycles. The zero-order valence-electron chi connectivity index (χ0n) is 6.57. The van der Waals surface area contributed by atoms with Gasteiger partial charge in [0.2, 0.25) is 0 Å². The van der Waals surface area contributed by atoms with E-state index in [-0.39, 0.29) is 0 Å². The minimum absolute atomic E-state index is 0.599. The number of nitrogens with zero attached hydrogens (tertiary/aromatic N) is 2. The highest BCUT2D eigenvalue weighted by atomic mass is 32.1. The standard InChI is InChI=1S/C7H10N2OS/c1-3-10-9-6(2)7-4-11-5-8-7/h4-5H,3H2,1-2H3. The molecule has 0 aromatic carbocycles. The summed E-state index contributed by atoms with van der Waals surface area (Å²) >= 11 is 1.55. The molecular formula is C7H10N2OS. The summed E-state index contributed by atoms with van der Waals surface area (Å²) in [6, 6.07) is 0. The van der Waals surface area contributed by atoms with E-state index < -0.39 is 0 Å². The summed E-state index contributed by atoms with van der Waals surface area (Å²) in [5.74, 6) is 0. The van der Waals surface area contributed by atoms with Crippen LogP contribution in [0.2, 0.25) is 0 Å². The van der Waals surface area contributed by atoms with Gasteiger partial charge in [-0.2, -0.15) is 0 Å². The smallest absolute Gasteiger partial charge is 0.114 e. The van der Waals surface area contributed by atoms with Gasteiger partial charge < -0.3 is 4.84 Å². The van der Waals surface area contributed by atoms with Crippen LogP contribution in [0.25, 0.3) is 0 Å². The largest absolute Gasteiger partial charge is 0.396 e. The fourth-order valence-corrected chi connectivity index (χ4v) is 1.19. The Hall–Kier alpha value is -0.900. The second-order valence-corrected chi connectivity index (χ2v) is 2.69. The molecule has 0 spiro atoms. The fourth-order valence-electron chi connectivity index (χ4n) is 0.599. The van der Waals surface area contributed by atoms with Gasteiger partial charge in [0.25, 0.3) is 0 Å². The summed E-state index contributed by atoms with van der Waals surface area (Å²) in [6.45, 7) is 4.38. The highest BCUT2D eigenvalue weighted by Gasteiger charge is 1.97. The lowest BCUT2D eigenvalue weighted by atomic mass is 10.3. The molecule has 60 valence electrons. The minimum atomic E-state index is 0.599. The van der Waals surface area contributed by atoms with Crippen LogP contribution in [-0.2, 0) is 4.84 Å². The summed E-state index contributed by atoms with van der Waals surface area (Å²) < 4.78 is 0. The van der Waals surface area contributed by atoms with Gasteiger partial charge in [-0.3, -0.25) is 0 Å². The molecule has 1 rings (SSSR count). The van der Waals surface area contributed by atoms with Gasteiger partial charge in [0.15, 0.2) is 0 Å². The minimum Gasteiger partial charge on any atom is -0.396 e. The van der Waals surface area contributed by atoms with Crippen molar-refractivity contribution in [2.24, 2.45) is 5.16 Å². The molecule has 0 saturated heterocycles. The molecular weight excluding hydrogens is 160 g/mol. The van der Waals surface area contributed by atoms with Crippen LogP contribution in [0, 0.1) is 0 Å². The first-order chi connectivity index (χ1) is 5.34. The molecule has 4 heteroatoms. The van der Waals surface area contributed by atoms with Crippen molar-refractivity contribution in [3.05, 3.63) is 16.6 Å². The van der Waals surface area contributed by atoms with Crippen LogP contribution in [0.3, 0.4) is 0 Å². The average molecular weight is 170 g/mol. The number of oxime groups is 1. The molecule has 1 heterocycles. The van der Waals surface area contributed by atoms with Crippen molar-refractivity contribution in [1.29, 1.82) is 0 Å². The van der Waals surface area contributed by atoms with E-state index in [0.29, 0.717) is 6.61 Å². The average Bonchev–Trinajstić information content (AvgIpc) is 2.52. The van der Waals surface area contributed by atoms with E-state index in [1.165, 1.54) is 0 Å². The molecule has 0 radical (unpaired) electrons. The molecule has 1 aromatic heterocycles. The van der Waals surface area contributed by atoms with Crippen LogP contribution in [0.15, 0.2) is 16.0 Å². The first-order valence-electron chi connectivity index (χ1n) is 3.39. The second-order valence-electron chi connectivity index (χ2n) is 1.97. The van der Waals surface area contributed by atoms with E-state index in [2.05, 4.69) is 10.1 Å². The normalized spacial score (nSPS) is 11.6. The molecule has 0 unspecified atom stereocenters. The van der Waals surface area contributed by atoms with Crippen LogP contribution in [-0.4, -0.2) is 17.3 Å². The number of rotatable bonds is 3. The van der Waals surface area contributed by atoms with E-state index in [1.54, 1.807) is 16.8 Å². The van der Waals surface area contributed by atoms with Crippen molar-refractivity contribution in [3.63, 3.8) is 0 Å². The van der Waals surface area contributed by atoms with Crippen LogP contribution < -0.4 is 0 Å². The molecule has 0 aliphatic heterocycles. The van der Waals surface area contributed by atoms with Crippen LogP contribution in [0.5, 0.6) is 0 Å². The summed E-state index contributed by atoms with van der Waals surface area (Å²) in [5, 5.41) is 5.79. The number of hydrogen-bond acceptors (Lipinski definition) is 4. The second kappa shape index (κ2) is 4.08. The Balaban J connectivity index is 2.62. The Labute approximate surface area is 69.7 Å². The lowest BCUT2D eigenvalue weighted by Gasteiger charge is -1.94. The summed E-state index contributed by atoms with van der Waals surface area (Å²) in [5.41, 5.74) is 3.50. The molecule has 11 heavy (non-hydrogen) atoms. The summed E-state index contributed by atoms with van der Waals surface area (Å²) in [7, 11) is 0. The van der Waals surface area contributed by atoms with Crippen molar-refractivity contribution in [3.8, 4) is 0 Å². The third-order valence-corrected chi connectivity index (χ3v) is 1.72. The van der Waals surface area contributed by atoms with Crippen LogP contribution >= 0.6 is 11.3 Å². The van der Waals surface area contributed by atoms with Gasteiger partial charge in [-0.1, -0.05) is 5.16 Å². The highest BCUT2D eigenvalue weighted by Crippen LogP contribution is 2.02. The van der Waals surface area contributed by atoms with E-state index in [0.717, 1.165) is 11.4 Å². The van der Waals surface area contributed by atoms with Gasteiger partial charge in [-0.15, -0.1) is 11.3 Å². The van der Waals surface area contributed by atoms with E-state index in [4.69, 9.17) is 4.84 Å². The van der Waals surface area contributed by atoms with E-state index in [9.17, 15) is 0 Å². The van der Waals surface area contributed by atoms with E-state index in [1.807, 2.05) is 19.2 Å². The maximum atomic E-state index is 4.87. The van der Waals surface area contributed by atoms with Gasteiger partial charge in [0.05, 0.1) is 11.2 Å². The predicted molar refractivity (Wildman–Crippen MR) is 46.0 cm³/mol. The van der Waals surface area contributed by atoms with Crippen molar-refractivity contribution in [2.45, 2.75) is 13.8 Å². The van der Waals surface area contributed by atoms with Gasteiger partial charge in [0.1, 0.15) is 12.3 Å². The Morgan fingerprint density at radius 3 is 3.18 bits per heavy atom. The zero-order chi connectivity index (χ0) is 8.10. The maximum absolute atomic E-state index is 4.87. The van der Waals surface area contributed by atoms with E-state index >= 15 is 0 Å². The monoisotopic (exact) mass is 170 g/mol. The number of thiazole rings is 1. The lowest BCUT2D eigenvalue weighted by molar-refractivity contribution is 0.159. The third kappa shape index (κ3) is 2.31. The van der Waals surface area contributed by atoms with Gasteiger partial charge >= 0.3 is 0 Å². The molecule has 0 fully saturated rings. The molecule has 0 bridgehead atoms. The first kappa shape index (κ1) is 8.20. The van der Waals surface area contributed by atoms with Crippen LogP contribution in [0.4, 0.5) is 0 Å². The van der Waals surface area contributed by atoms with Gasteiger partial charge in [0, 0.05) is 5.38 Å². The topological polar surface area (TPSA) is 34.5 Å². The van der Waals surface area contributed by atoms with Crippen molar-refractivity contribution >= 4 is 17.0 Å². The Morgan fingerprint density at radius 1 is 1.82 bits per heavy atom. The third-order valence-electron chi connectivity index (χ3n) is 1.13. The van der Waals surface area contributed by atoms with Gasteiger partial charge in [-0.05, 0) is 13.8 Å². The highest BCUT2D eigenvalue weighted by molar-refractivity contribution is 7.07. The van der Waals surface area contributed by atoms with Crippen molar-refractivity contribution < 1.29 is 4.84 Å². The predicted octanol–water partition coefficient (Wildman–Crippen LogP) is 1.90. The maximum Gasteiger partial charge on any atom is 0.114 e. The molecule has 0 N–H and O–H groups in total. The summed E-state index contributed by atoms with van der Waals surface area (Å²) in [6.07, 6.45) is 0. The quantitative estimate of drug-likeness (QED) is 0.513. The number of hydrogen-bond donors (Lipinski definition) is 0. The fraction of sp³-hybridized carbons (Fsp3) is 0.429. The van der Waals surface area contributed by atoms with Crippen molar-refractivity contribution in [2.75, 3.05) is 6.61 Å². The molecule has 0 amide bonds. The van der Waals surface area contributed by atoms with Crippen molar-refractivity contribution in [1.82, 2.24) is 4.98 Å². The molecule has 1 aromatic rings. The Bertz CT molecular complexity index is 231. The SMILES string of the molecule is CCON=C(C)c1cscn1. The Morgan fingerprint density at radius 2 is 2.64 bits per heavy atom. The molecule has 3 nitrogen and oxygen atoms in total. The Kier molecular flexibility index (Phi) is 3.04. The van der Waals surface area contributed by atoms with Crippen LogP contribution in [0.1, 0.15) is 19.5 Å². The van der Waals surface area contributed by atoms with Gasteiger partial charge in [-0.25, -0.2) is 4.98 Å². The summed E-state index contributed by atoms with van der Waals surface area (Å²) in [4.78, 5) is 8.95. The zero-order valence-corrected chi connectivity index (χ0v) is 7.39. The lowest BCUT2D eigenvalue weighted by Crippen LogP contribution is -1.95. The number of aromatic nitrogens is 1. The molecule has 0 saturated carbocycles.